The maximum absolute atomic E-state index is 12.0. The smallest absolute Gasteiger partial charge is 0.344 e. The van der Waals surface area contributed by atoms with E-state index in [1.807, 2.05) is 0 Å². The van der Waals surface area contributed by atoms with Crippen molar-refractivity contribution in [2.75, 3.05) is 20.3 Å². The Balaban J connectivity index is 1.56. The Kier molecular flexibility index (Phi) is 3.95. The zero-order valence-corrected chi connectivity index (χ0v) is 12.8. The van der Waals surface area contributed by atoms with Crippen LogP contribution in [0, 0.1) is 23.7 Å². The fourth-order valence-electron chi connectivity index (χ4n) is 4.86. The van der Waals surface area contributed by atoms with Crippen LogP contribution in [0.15, 0.2) is 0 Å². The number of carbonyl (C=O) groups is 2. The molecule has 0 amide bonds. The topological polar surface area (TPSA) is 61.8 Å². The molecule has 0 heterocycles. The third kappa shape index (κ3) is 2.80. The summed E-state index contributed by atoms with van der Waals surface area (Å²) >= 11 is 0. The molecule has 5 heteroatoms. The summed E-state index contributed by atoms with van der Waals surface area (Å²) in [5, 5.41) is 0. The summed E-state index contributed by atoms with van der Waals surface area (Å²) < 4.78 is 15.3. The second-order valence-electron chi connectivity index (χ2n) is 7.06. The standard InChI is InChI=1S/C16H24O5/c1-16(21-15(18)9-20-14(17)8-19-2)12-4-10-3-11(6-12)7-13(16)5-10/h10-13H,3-9H2,1-2H3. The largest absolute Gasteiger partial charge is 0.456 e. The molecule has 0 aromatic heterocycles. The molecule has 4 aliphatic carbocycles. The minimum absolute atomic E-state index is 0.140. The van der Waals surface area contributed by atoms with E-state index in [1.54, 1.807) is 0 Å². The van der Waals surface area contributed by atoms with Crippen molar-refractivity contribution in [3.05, 3.63) is 0 Å². The lowest BCUT2D eigenvalue weighted by Crippen LogP contribution is -2.58. The van der Waals surface area contributed by atoms with Crippen molar-refractivity contribution in [1.29, 1.82) is 0 Å². The number of hydrogen-bond donors (Lipinski definition) is 0. The Morgan fingerprint density at radius 3 is 2.05 bits per heavy atom. The summed E-state index contributed by atoms with van der Waals surface area (Å²) in [6.45, 7) is 1.62. The van der Waals surface area contributed by atoms with E-state index in [2.05, 4.69) is 11.7 Å². The predicted molar refractivity (Wildman–Crippen MR) is 74.4 cm³/mol. The van der Waals surface area contributed by atoms with Crippen LogP contribution in [0.4, 0.5) is 0 Å². The molecule has 21 heavy (non-hydrogen) atoms. The second kappa shape index (κ2) is 5.59. The number of ether oxygens (including phenoxy) is 3. The zero-order valence-electron chi connectivity index (χ0n) is 12.8. The SMILES string of the molecule is COCC(=O)OCC(=O)OC1(C)C2CC3CC(C2)CC1C3. The molecule has 0 aromatic carbocycles. The van der Waals surface area contributed by atoms with Gasteiger partial charge >= 0.3 is 11.9 Å². The summed E-state index contributed by atoms with van der Waals surface area (Å²) in [7, 11) is 1.41. The van der Waals surface area contributed by atoms with E-state index in [0.717, 1.165) is 11.8 Å². The maximum atomic E-state index is 12.0. The first-order valence-electron chi connectivity index (χ1n) is 7.87. The van der Waals surface area contributed by atoms with E-state index in [1.165, 1.54) is 39.2 Å². The van der Waals surface area contributed by atoms with Crippen LogP contribution in [-0.4, -0.2) is 37.9 Å². The van der Waals surface area contributed by atoms with Crippen LogP contribution in [0.2, 0.25) is 0 Å². The van der Waals surface area contributed by atoms with Gasteiger partial charge < -0.3 is 14.2 Å². The Morgan fingerprint density at radius 2 is 1.52 bits per heavy atom. The third-order valence-corrected chi connectivity index (χ3v) is 5.71. The summed E-state index contributed by atoms with van der Waals surface area (Å²) in [4.78, 5) is 23.2. The first kappa shape index (κ1) is 14.8. The Labute approximate surface area is 125 Å². The number of esters is 2. The zero-order chi connectivity index (χ0) is 15.0. The van der Waals surface area contributed by atoms with Gasteiger partial charge in [-0.2, -0.15) is 0 Å². The molecule has 118 valence electrons. The number of carbonyl (C=O) groups excluding carboxylic acids is 2. The van der Waals surface area contributed by atoms with Crippen LogP contribution in [0.1, 0.15) is 39.0 Å². The van der Waals surface area contributed by atoms with Gasteiger partial charge in [0.05, 0.1) is 0 Å². The minimum atomic E-state index is -0.537. The monoisotopic (exact) mass is 296 g/mol. The molecule has 4 aliphatic rings. The lowest BCUT2D eigenvalue weighted by Gasteiger charge is -2.59. The Hall–Kier alpha value is -1.10. The molecule has 4 bridgehead atoms. The second-order valence-corrected chi connectivity index (χ2v) is 7.06. The lowest BCUT2D eigenvalue weighted by molar-refractivity contribution is -0.207. The summed E-state index contributed by atoms with van der Waals surface area (Å²) in [5.74, 6) is 1.65. The molecule has 0 aromatic rings. The van der Waals surface area contributed by atoms with Gasteiger partial charge in [0.15, 0.2) is 6.61 Å². The van der Waals surface area contributed by atoms with Crippen molar-refractivity contribution in [3.63, 3.8) is 0 Å². The van der Waals surface area contributed by atoms with E-state index in [0.29, 0.717) is 11.8 Å². The summed E-state index contributed by atoms with van der Waals surface area (Å²) in [5.41, 5.74) is -0.363. The molecule has 4 fully saturated rings. The van der Waals surface area contributed by atoms with Gasteiger partial charge in [-0.15, -0.1) is 0 Å². The van der Waals surface area contributed by atoms with Gasteiger partial charge in [-0.05, 0) is 62.7 Å². The fourth-order valence-corrected chi connectivity index (χ4v) is 4.86. The molecular weight excluding hydrogens is 272 g/mol. The molecule has 4 rings (SSSR count). The van der Waals surface area contributed by atoms with Gasteiger partial charge in [0, 0.05) is 7.11 Å². The molecule has 0 aliphatic heterocycles. The van der Waals surface area contributed by atoms with Gasteiger partial charge in [-0.25, -0.2) is 9.59 Å². The van der Waals surface area contributed by atoms with Crippen LogP contribution in [0.25, 0.3) is 0 Å². The van der Waals surface area contributed by atoms with Gasteiger partial charge in [0.2, 0.25) is 0 Å². The van der Waals surface area contributed by atoms with Gasteiger partial charge in [-0.3, -0.25) is 0 Å². The van der Waals surface area contributed by atoms with Crippen molar-refractivity contribution in [3.8, 4) is 0 Å². The fraction of sp³-hybridized carbons (Fsp3) is 0.875. The highest BCUT2D eigenvalue weighted by molar-refractivity contribution is 5.77. The molecule has 0 N–H and O–H groups in total. The highest BCUT2D eigenvalue weighted by Crippen LogP contribution is 2.59. The van der Waals surface area contributed by atoms with Gasteiger partial charge in [-0.1, -0.05) is 0 Å². The van der Waals surface area contributed by atoms with Crippen LogP contribution < -0.4 is 0 Å². The highest BCUT2D eigenvalue weighted by atomic mass is 16.6. The number of rotatable bonds is 5. The summed E-state index contributed by atoms with van der Waals surface area (Å²) in [6, 6.07) is 0. The van der Waals surface area contributed by atoms with E-state index < -0.39 is 11.9 Å². The highest BCUT2D eigenvalue weighted by Gasteiger charge is 2.57. The Morgan fingerprint density at radius 1 is 0.952 bits per heavy atom. The van der Waals surface area contributed by atoms with E-state index in [-0.39, 0.29) is 18.8 Å². The number of hydrogen-bond acceptors (Lipinski definition) is 5. The molecule has 4 saturated carbocycles. The van der Waals surface area contributed by atoms with Crippen LogP contribution in [-0.2, 0) is 23.8 Å². The van der Waals surface area contributed by atoms with Crippen molar-refractivity contribution in [2.45, 2.75) is 44.6 Å². The normalized spacial score (nSPS) is 40.1. The third-order valence-electron chi connectivity index (χ3n) is 5.71. The minimum Gasteiger partial charge on any atom is -0.456 e. The van der Waals surface area contributed by atoms with Crippen molar-refractivity contribution >= 4 is 11.9 Å². The lowest BCUT2D eigenvalue weighted by atomic mass is 9.50. The van der Waals surface area contributed by atoms with Crippen LogP contribution in [0.5, 0.6) is 0 Å². The molecule has 0 atom stereocenters. The molecular formula is C16H24O5. The van der Waals surface area contributed by atoms with Gasteiger partial charge in [0.25, 0.3) is 0 Å². The van der Waals surface area contributed by atoms with E-state index in [4.69, 9.17) is 9.47 Å². The van der Waals surface area contributed by atoms with Gasteiger partial charge in [0.1, 0.15) is 12.2 Å². The Bertz CT molecular complexity index is 402. The molecule has 0 saturated heterocycles. The molecule has 0 radical (unpaired) electrons. The summed E-state index contributed by atoms with van der Waals surface area (Å²) in [6.07, 6.45) is 6.09. The molecule has 0 unspecified atom stereocenters. The predicted octanol–water partition coefficient (Wildman–Crippen LogP) is 1.93. The van der Waals surface area contributed by atoms with E-state index >= 15 is 0 Å². The van der Waals surface area contributed by atoms with Crippen molar-refractivity contribution in [1.82, 2.24) is 0 Å². The van der Waals surface area contributed by atoms with Crippen LogP contribution >= 0.6 is 0 Å². The average Bonchev–Trinajstić information content (AvgIpc) is 2.42. The maximum Gasteiger partial charge on any atom is 0.344 e. The van der Waals surface area contributed by atoms with Crippen molar-refractivity contribution < 1.29 is 23.8 Å². The van der Waals surface area contributed by atoms with E-state index in [9.17, 15) is 9.59 Å². The van der Waals surface area contributed by atoms with Crippen LogP contribution in [0.3, 0.4) is 0 Å². The molecule has 0 spiro atoms. The molecule has 5 nitrogen and oxygen atoms in total. The van der Waals surface area contributed by atoms with Crippen molar-refractivity contribution in [2.24, 2.45) is 23.7 Å². The first-order chi connectivity index (χ1) is 10.0. The quantitative estimate of drug-likeness (QED) is 0.725. The average molecular weight is 296 g/mol. The first-order valence-corrected chi connectivity index (χ1v) is 7.87. The number of methoxy groups -OCH3 is 1.